The van der Waals surface area contributed by atoms with Crippen LogP contribution in [0.4, 0.5) is 5.82 Å². The molecule has 6 nitrogen and oxygen atoms in total. The first-order chi connectivity index (χ1) is 16.5. The number of rotatable bonds is 3. The monoisotopic (exact) mass is 489 g/mol. The quantitative estimate of drug-likeness (QED) is 0.352. The van der Waals surface area contributed by atoms with E-state index in [4.69, 9.17) is 11.6 Å². The van der Waals surface area contributed by atoms with E-state index in [0.717, 1.165) is 10.6 Å². The average molecular weight is 490 g/mol. The van der Waals surface area contributed by atoms with Crippen molar-refractivity contribution in [3.05, 3.63) is 109 Å². The lowest BCUT2D eigenvalue weighted by Gasteiger charge is -2.34. The second-order valence-electron chi connectivity index (χ2n) is 8.57. The summed E-state index contributed by atoms with van der Waals surface area (Å²) in [5.74, 6) is -0.174. The number of aromatic nitrogens is 2. The number of carbonyl (C=O) groups is 1. The Morgan fingerprint density at radius 3 is 2.62 bits per heavy atom. The van der Waals surface area contributed by atoms with Gasteiger partial charge in [0.15, 0.2) is 5.78 Å². The number of carbonyl (C=O) groups excluding carboxylic acids is 1. The number of fused-ring (bicyclic) bond motifs is 1. The predicted octanol–water partition coefficient (Wildman–Crippen LogP) is 5.54. The van der Waals surface area contributed by atoms with E-state index < -0.39 is 5.92 Å². The lowest BCUT2D eigenvalue weighted by molar-refractivity contribution is -0.116. The summed E-state index contributed by atoms with van der Waals surface area (Å²) in [5, 5.41) is 19.8. The van der Waals surface area contributed by atoms with E-state index in [1.807, 2.05) is 41.8 Å². The summed E-state index contributed by atoms with van der Waals surface area (Å²) < 4.78 is 1.46. The van der Waals surface area contributed by atoms with Crippen LogP contribution >= 0.6 is 22.9 Å². The molecule has 4 aromatic rings. The van der Waals surface area contributed by atoms with Crippen LogP contribution in [0, 0.1) is 0 Å². The van der Waals surface area contributed by atoms with Crippen molar-refractivity contribution < 1.29 is 9.90 Å². The van der Waals surface area contributed by atoms with Crippen molar-refractivity contribution in [2.24, 2.45) is 0 Å². The third-order valence-electron chi connectivity index (χ3n) is 6.55. The number of allylic oxidation sites excluding steroid dienone is 2. The smallest absolute Gasteiger partial charge is 0.277 e. The topological polar surface area (TPSA) is 87.1 Å². The number of anilines is 1. The molecular formula is C26H20ClN3O3S. The Morgan fingerprint density at radius 1 is 1.03 bits per heavy atom. The van der Waals surface area contributed by atoms with E-state index in [0.29, 0.717) is 46.1 Å². The lowest BCUT2D eigenvalue weighted by atomic mass is 9.73. The van der Waals surface area contributed by atoms with E-state index in [1.54, 1.807) is 23.5 Å². The maximum absolute atomic E-state index is 13.7. The Morgan fingerprint density at radius 2 is 1.85 bits per heavy atom. The van der Waals surface area contributed by atoms with E-state index in [2.05, 4.69) is 16.5 Å². The van der Waals surface area contributed by atoms with Crippen molar-refractivity contribution >= 4 is 34.5 Å². The Kier molecular flexibility index (Phi) is 4.97. The molecule has 1 aliphatic carbocycles. The van der Waals surface area contributed by atoms with Crippen molar-refractivity contribution in [3.8, 4) is 11.4 Å². The van der Waals surface area contributed by atoms with Gasteiger partial charge in [0.1, 0.15) is 11.6 Å². The number of thiophene rings is 1. The number of aromatic amines is 1. The molecule has 6 rings (SSSR count). The van der Waals surface area contributed by atoms with Gasteiger partial charge in [-0.25, -0.2) is 4.68 Å². The third-order valence-corrected chi connectivity index (χ3v) is 7.82. The maximum atomic E-state index is 13.7. The molecule has 170 valence electrons. The Hall–Kier alpha value is -3.55. The number of Topliss-reactive ketones (excluding diaryl/α,β-unsaturated/α-hetero) is 1. The van der Waals surface area contributed by atoms with Gasteiger partial charge < -0.3 is 10.4 Å². The van der Waals surface area contributed by atoms with E-state index >= 15 is 0 Å². The molecule has 0 spiro atoms. The van der Waals surface area contributed by atoms with Crippen molar-refractivity contribution in [2.75, 3.05) is 5.32 Å². The van der Waals surface area contributed by atoms with Crippen LogP contribution in [0.1, 0.15) is 40.7 Å². The number of benzene rings is 2. The molecule has 1 aliphatic heterocycles. The highest BCUT2D eigenvalue weighted by atomic mass is 35.5. The number of nitrogens with zero attached hydrogens (tertiary/aromatic N) is 1. The van der Waals surface area contributed by atoms with Gasteiger partial charge >= 0.3 is 0 Å². The zero-order valence-corrected chi connectivity index (χ0v) is 19.5. The maximum Gasteiger partial charge on any atom is 0.277 e. The predicted molar refractivity (Wildman–Crippen MR) is 133 cm³/mol. The minimum Gasteiger partial charge on any atom is -0.508 e. The molecule has 34 heavy (non-hydrogen) atoms. The normalized spacial score (nSPS) is 19.5. The summed E-state index contributed by atoms with van der Waals surface area (Å²) in [6.45, 7) is 0. The van der Waals surface area contributed by atoms with Crippen LogP contribution in [0.5, 0.6) is 5.75 Å². The number of halogens is 1. The van der Waals surface area contributed by atoms with E-state index in [9.17, 15) is 14.7 Å². The molecule has 0 radical (unpaired) electrons. The number of ketones is 1. The van der Waals surface area contributed by atoms with Gasteiger partial charge in [0.05, 0.1) is 17.2 Å². The minimum atomic E-state index is -0.726. The first-order valence-corrected chi connectivity index (χ1v) is 12.2. The van der Waals surface area contributed by atoms with Crippen molar-refractivity contribution in [3.63, 3.8) is 0 Å². The molecule has 2 aromatic heterocycles. The van der Waals surface area contributed by atoms with Crippen LogP contribution < -0.4 is 10.9 Å². The van der Waals surface area contributed by atoms with Crippen LogP contribution in [0.3, 0.4) is 0 Å². The number of aromatic hydroxyl groups is 1. The fraction of sp³-hybridized carbons (Fsp3) is 0.154. The van der Waals surface area contributed by atoms with Gasteiger partial charge in [-0.2, -0.15) is 0 Å². The highest BCUT2D eigenvalue weighted by Crippen LogP contribution is 2.49. The van der Waals surface area contributed by atoms with Crippen molar-refractivity contribution in [2.45, 2.75) is 24.7 Å². The van der Waals surface area contributed by atoms with Gasteiger partial charge in [-0.05, 0) is 48.2 Å². The second kappa shape index (κ2) is 8.04. The average Bonchev–Trinajstić information content (AvgIpc) is 3.49. The Balaban J connectivity index is 1.56. The fourth-order valence-electron chi connectivity index (χ4n) is 5.04. The summed E-state index contributed by atoms with van der Waals surface area (Å²) in [4.78, 5) is 28.4. The van der Waals surface area contributed by atoms with Crippen LogP contribution in [0.25, 0.3) is 5.69 Å². The Labute approximate surface area is 204 Å². The molecule has 0 saturated carbocycles. The number of hydrogen-bond donors (Lipinski definition) is 3. The van der Waals surface area contributed by atoms with Gasteiger partial charge in [-0.15, -0.1) is 11.3 Å². The van der Waals surface area contributed by atoms with Gasteiger partial charge in [-0.3, -0.25) is 14.7 Å². The third kappa shape index (κ3) is 3.31. The highest BCUT2D eigenvalue weighted by Gasteiger charge is 2.42. The number of hydrogen-bond acceptors (Lipinski definition) is 5. The summed E-state index contributed by atoms with van der Waals surface area (Å²) in [6, 6.07) is 18.0. The van der Waals surface area contributed by atoms with Crippen molar-refractivity contribution in [1.82, 2.24) is 9.78 Å². The molecule has 0 bridgehead atoms. The highest BCUT2D eigenvalue weighted by molar-refractivity contribution is 7.10. The first-order valence-electron chi connectivity index (χ1n) is 11.0. The molecule has 8 heteroatoms. The SMILES string of the molecule is O=C1CC(c2cccs2)CC2=C1C(c1cc(Cl)ccc1O)c1c([nH]n(-c3ccccc3)c1=O)N2. The standard InChI is InChI=1S/C26H20ClN3O3S/c27-15-8-9-19(31)17(13-15)22-23-18(11-14(12-20(23)32)21-7-4-10-34-21)28-25-24(22)26(33)30(29-25)16-5-2-1-3-6-16/h1-10,13-14,22,28-29,31H,11-12H2. The van der Waals surface area contributed by atoms with Crippen LogP contribution in [-0.2, 0) is 4.79 Å². The van der Waals surface area contributed by atoms with Crippen LogP contribution in [-0.4, -0.2) is 20.7 Å². The van der Waals surface area contributed by atoms with Crippen LogP contribution in [0.15, 0.2) is 82.1 Å². The second-order valence-corrected chi connectivity index (χ2v) is 9.99. The van der Waals surface area contributed by atoms with Gasteiger partial charge in [0, 0.05) is 39.1 Å². The number of phenols is 1. The summed E-state index contributed by atoms with van der Waals surface area (Å²) in [6.07, 6.45) is 0.989. The Bertz CT molecular complexity index is 1500. The summed E-state index contributed by atoms with van der Waals surface area (Å²) in [7, 11) is 0. The first kappa shape index (κ1) is 21.0. The molecule has 0 fully saturated rings. The summed E-state index contributed by atoms with van der Waals surface area (Å²) in [5.41, 5.74) is 2.53. The summed E-state index contributed by atoms with van der Waals surface area (Å²) >= 11 is 7.93. The molecule has 2 aromatic carbocycles. The molecule has 2 unspecified atom stereocenters. The molecule has 2 atom stereocenters. The number of H-pyrrole nitrogens is 1. The zero-order valence-electron chi connectivity index (χ0n) is 17.9. The molecule has 3 heterocycles. The lowest BCUT2D eigenvalue weighted by Crippen LogP contribution is -2.31. The molecule has 3 N–H and O–H groups in total. The van der Waals surface area contributed by atoms with E-state index in [1.165, 1.54) is 10.7 Å². The number of para-hydroxylation sites is 1. The van der Waals surface area contributed by atoms with Crippen molar-refractivity contribution in [1.29, 1.82) is 0 Å². The van der Waals surface area contributed by atoms with Gasteiger partial charge in [0.25, 0.3) is 5.56 Å². The molecule has 0 saturated heterocycles. The fourth-order valence-corrected chi connectivity index (χ4v) is 6.05. The van der Waals surface area contributed by atoms with Gasteiger partial charge in [0.2, 0.25) is 0 Å². The molecule has 0 amide bonds. The number of phenolic OH excluding ortho intramolecular Hbond substituents is 1. The van der Waals surface area contributed by atoms with Crippen LogP contribution in [0.2, 0.25) is 5.02 Å². The van der Waals surface area contributed by atoms with Gasteiger partial charge in [-0.1, -0.05) is 35.9 Å². The molecular weight excluding hydrogens is 470 g/mol. The number of nitrogens with one attached hydrogen (secondary N) is 2. The zero-order chi connectivity index (χ0) is 23.4. The molecule has 2 aliphatic rings. The minimum absolute atomic E-state index is 0.00542. The largest absolute Gasteiger partial charge is 0.508 e. The van der Waals surface area contributed by atoms with E-state index in [-0.39, 0.29) is 23.0 Å².